The predicted molar refractivity (Wildman–Crippen MR) is 31.8 cm³/mol. The first-order valence-corrected chi connectivity index (χ1v) is 2.42. The van der Waals surface area contributed by atoms with Crippen LogP contribution < -0.4 is 5.48 Å². The van der Waals surface area contributed by atoms with Crippen LogP contribution in [0.3, 0.4) is 0 Å². The lowest BCUT2D eigenvalue weighted by molar-refractivity contribution is -0.0574. The Morgan fingerprint density at radius 1 is 1.62 bits per heavy atom. The number of hydrogen-bond acceptors (Lipinski definition) is 3. The van der Waals surface area contributed by atoms with E-state index in [9.17, 15) is 0 Å². The Morgan fingerprint density at radius 2 is 2.38 bits per heavy atom. The minimum Gasteiger partial charge on any atom is -0.391 e. The van der Waals surface area contributed by atoms with Gasteiger partial charge in [0.1, 0.15) is 0 Å². The standard InChI is InChI=1S/C4H9NO2.ClH/c6-4-1-2-5-7-3-4;/h4-6H,1-3H2;1H. The molecular weight excluding hydrogens is 130 g/mol. The molecule has 0 radical (unpaired) electrons. The Labute approximate surface area is 54.4 Å². The Kier molecular flexibility index (Phi) is 4.18. The fourth-order valence-corrected chi connectivity index (χ4v) is 0.536. The van der Waals surface area contributed by atoms with E-state index in [0.29, 0.717) is 6.61 Å². The van der Waals surface area contributed by atoms with Crippen molar-refractivity contribution in [2.45, 2.75) is 12.5 Å². The van der Waals surface area contributed by atoms with Crippen molar-refractivity contribution in [3.63, 3.8) is 0 Å². The van der Waals surface area contributed by atoms with E-state index in [1.807, 2.05) is 0 Å². The zero-order chi connectivity index (χ0) is 5.11. The summed E-state index contributed by atoms with van der Waals surface area (Å²) in [5, 5.41) is 8.74. The van der Waals surface area contributed by atoms with Gasteiger partial charge in [-0.25, -0.2) is 5.48 Å². The van der Waals surface area contributed by atoms with Gasteiger partial charge < -0.3 is 5.11 Å². The number of hydroxylamine groups is 1. The number of hydrogen-bond donors (Lipinski definition) is 2. The highest BCUT2D eigenvalue weighted by atomic mass is 35.5. The fraction of sp³-hybridized carbons (Fsp3) is 1.00. The highest BCUT2D eigenvalue weighted by Crippen LogP contribution is 1.94. The van der Waals surface area contributed by atoms with Crippen LogP contribution in [-0.2, 0) is 4.84 Å². The van der Waals surface area contributed by atoms with Crippen LogP contribution in [-0.4, -0.2) is 24.4 Å². The highest BCUT2D eigenvalue weighted by Gasteiger charge is 2.07. The van der Waals surface area contributed by atoms with Gasteiger partial charge in [-0.3, -0.25) is 4.84 Å². The lowest BCUT2D eigenvalue weighted by atomic mass is 10.2. The monoisotopic (exact) mass is 139 g/mol. The Hall–Kier alpha value is 0.170. The zero-order valence-electron chi connectivity index (χ0n) is 4.46. The molecule has 1 fully saturated rings. The number of aliphatic hydroxyl groups is 1. The Balaban J connectivity index is 0.000000490. The molecule has 1 atom stereocenters. The van der Waals surface area contributed by atoms with Gasteiger partial charge in [-0.1, -0.05) is 0 Å². The maximum atomic E-state index is 8.74. The summed E-state index contributed by atoms with van der Waals surface area (Å²) in [4.78, 5) is 4.68. The minimum atomic E-state index is -0.249. The molecule has 0 aliphatic carbocycles. The average Bonchev–Trinajstić information content (AvgIpc) is 1.69. The summed E-state index contributed by atoms with van der Waals surface area (Å²) >= 11 is 0. The molecule has 0 bridgehead atoms. The van der Waals surface area contributed by atoms with Crippen LogP contribution in [0.1, 0.15) is 6.42 Å². The molecule has 1 unspecified atom stereocenters. The van der Waals surface area contributed by atoms with Crippen molar-refractivity contribution < 1.29 is 9.94 Å². The lowest BCUT2D eigenvalue weighted by Crippen LogP contribution is -2.32. The van der Waals surface area contributed by atoms with E-state index in [-0.39, 0.29) is 18.5 Å². The first kappa shape index (κ1) is 8.17. The van der Waals surface area contributed by atoms with Gasteiger partial charge in [0, 0.05) is 6.54 Å². The summed E-state index contributed by atoms with van der Waals surface area (Å²) in [6.45, 7) is 1.20. The SMILES string of the molecule is Cl.OC1CCNOC1. The van der Waals surface area contributed by atoms with Crippen LogP contribution in [0.2, 0.25) is 0 Å². The third-order valence-electron chi connectivity index (χ3n) is 0.957. The van der Waals surface area contributed by atoms with Gasteiger partial charge in [0.15, 0.2) is 0 Å². The summed E-state index contributed by atoms with van der Waals surface area (Å²) < 4.78 is 0. The molecule has 0 spiro atoms. The largest absolute Gasteiger partial charge is 0.391 e. The topological polar surface area (TPSA) is 41.5 Å². The van der Waals surface area contributed by atoms with Crippen LogP contribution in [0.5, 0.6) is 0 Å². The van der Waals surface area contributed by atoms with Crippen LogP contribution in [0.4, 0.5) is 0 Å². The molecule has 2 N–H and O–H groups in total. The van der Waals surface area contributed by atoms with Gasteiger partial charge in [-0.2, -0.15) is 0 Å². The van der Waals surface area contributed by atoms with Gasteiger partial charge in [-0.15, -0.1) is 12.4 Å². The molecule has 0 saturated carbocycles. The third kappa shape index (κ3) is 2.47. The molecule has 1 aliphatic heterocycles. The quantitative estimate of drug-likeness (QED) is 0.484. The first-order valence-electron chi connectivity index (χ1n) is 2.42. The molecule has 0 aromatic rings. The smallest absolute Gasteiger partial charge is 0.0942 e. The molecular formula is C4H10ClNO2. The van der Waals surface area contributed by atoms with E-state index < -0.39 is 0 Å². The van der Waals surface area contributed by atoms with Gasteiger partial charge in [0.25, 0.3) is 0 Å². The summed E-state index contributed by atoms with van der Waals surface area (Å²) in [6, 6.07) is 0. The Bertz CT molecular complexity index is 56.0. The molecule has 1 rings (SSSR count). The normalized spacial score (nSPS) is 28.9. The van der Waals surface area contributed by atoms with E-state index >= 15 is 0 Å². The van der Waals surface area contributed by atoms with Crippen molar-refractivity contribution in [2.75, 3.05) is 13.2 Å². The molecule has 0 aromatic heterocycles. The van der Waals surface area contributed by atoms with Gasteiger partial charge in [0.2, 0.25) is 0 Å². The van der Waals surface area contributed by atoms with Crippen molar-refractivity contribution in [3.8, 4) is 0 Å². The molecule has 0 aromatic carbocycles. The van der Waals surface area contributed by atoms with Crippen LogP contribution in [0, 0.1) is 0 Å². The second-order valence-electron chi connectivity index (χ2n) is 1.65. The van der Waals surface area contributed by atoms with Crippen LogP contribution in [0.15, 0.2) is 0 Å². The number of nitrogens with one attached hydrogen (secondary N) is 1. The van der Waals surface area contributed by atoms with Gasteiger partial charge in [0.05, 0.1) is 12.7 Å². The van der Waals surface area contributed by atoms with E-state index in [2.05, 4.69) is 10.3 Å². The lowest BCUT2D eigenvalue weighted by Gasteiger charge is -2.16. The minimum absolute atomic E-state index is 0. The highest BCUT2D eigenvalue weighted by molar-refractivity contribution is 5.85. The first-order chi connectivity index (χ1) is 3.39. The maximum Gasteiger partial charge on any atom is 0.0942 e. The molecule has 0 amide bonds. The predicted octanol–water partition coefficient (Wildman–Crippen LogP) is -0.306. The van der Waals surface area contributed by atoms with Gasteiger partial charge in [-0.05, 0) is 6.42 Å². The molecule has 8 heavy (non-hydrogen) atoms. The van der Waals surface area contributed by atoms with Crippen molar-refractivity contribution in [1.29, 1.82) is 0 Å². The molecule has 3 nitrogen and oxygen atoms in total. The van der Waals surface area contributed by atoms with E-state index in [1.165, 1.54) is 0 Å². The van der Waals surface area contributed by atoms with Crippen molar-refractivity contribution >= 4 is 12.4 Å². The summed E-state index contributed by atoms with van der Waals surface area (Å²) in [5.41, 5.74) is 2.66. The second-order valence-corrected chi connectivity index (χ2v) is 1.65. The van der Waals surface area contributed by atoms with Crippen LogP contribution in [0.25, 0.3) is 0 Å². The number of aliphatic hydroxyl groups excluding tert-OH is 1. The van der Waals surface area contributed by atoms with Gasteiger partial charge >= 0.3 is 0 Å². The fourth-order valence-electron chi connectivity index (χ4n) is 0.536. The van der Waals surface area contributed by atoms with Crippen LogP contribution >= 0.6 is 12.4 Å². The molecule has 1 saturated heterocycles. The molecule has 1 heterocycles. The zero-order valence-corrected chi connectivity index (χ0v) is 5.28. The van der Waals surface area contributed by atoms with E-state index in [4.69, 9.17) is 5.11 Å². The molecule has 1 aliphatic rings. The molecule has 4 heteroatoms. The maximum absolute atomic E-state index is 8.74. The van der Waals surface area contributed by atoms with Crippen molar-refractivity contribution in [3.05, 3.63) is 0 Å². The number of rotatable bonds is 0. The number of halogens is 1. The van der Waals surface area contributed by atoms with E-state index in [0.717, 1.165) is 13.0 Å². The summed E-state index contributed by atoms with van der Waals surface area (Å²) in [6.07, 6.45) is 0.557. The second kappa shape index (κ2) is 4.09. The molecule has 50 valence electrons. The average molecular weight is 140 g/mol. The van der Waals surface area contributed by atoms with Crippen molar-refractivity contribution in [1.82, 2.24) is 5.48 Å². The summed E-state index contributed by atoms with van der Waals surface area (Å²) in [5.74, 6) is 0. The van der Waals surface area contributed by atoms with E-state index in [1.54, 1.807) is 0 Å². The Morgan fingerprint density at radius 3 is 2.62 bits per heavy atom. The van der Waals surface area contributed by atoms with Crippen molar-refractivity contribution in [2.24, 2.45) is 0 Å². The summed E-state index contributed by atoms with van der Waals surface area (Å²) in [7, 11) is 0. The third-order valence-corrected chi connectivity index (χ3v) is 0.957.